The number of esters is 2. The third-order valence-electron chi connectivity index (χ3n) is 9.53. The van der Waals surface area contributed by atoms with Crippen LogP contribution in [0.5, 0.6) is 0 Å². The van der Waals surface area contributed by atoms with Crippen LogP contribution in [0.4, 0.5) is 0 Å². The number of nitrogens with two attached hydrogens (primary N) is 1. The second-order valence-corrected chi connectivity index (χ2v) is 16.6. The molecule has 11 nitrogen and oxygen atoms in total. The van der Waals surface area contributed by atoms with E-state index in [1.807, 2.05) is 0 Å². The smallest absolute Gasteiger partial charge is 0.472 e. The fraction of sp³-hybridized carbons (Fsp3) is 0.723. The highest BCUT2D eigenvalue weighted by atomic mass is 31.2. The van der Waals surface area contributed by atoms with Crippen LogP contribution in [0, 0.1) is 0 Å². The van der Waals surface area contributed by atoms with Crippen molar-refractivity contribution in [2.24, 2.45) is 5.73 Å². The lowest BCUT2D eigenvalue weighted by Crippen LogP contribution is -2.34. The molecule has 0 radical (unpaired) electrons. The lowest BCUT2D eigenvalue weighted by Gasteiger charge is -2.20. The van der Waals surface area contributed by atoms with Gasteiger partial charge >= 0.3 is 25.7 Å². The predicted octanol–water partition coefficient (Wildman–Crippen LogP) is 12.3. The highest BCUT2D eigenvalue weighted by Crippen LogP contribution is 2.43. The van der Waals surface area contributed by atoms with E-state index >= 15 is 0 Å². The molecule has 0 aromatic rings. The Hall–Kier alpha value is -2.82. The van der Waals surface area contributed by atoms with Crippen LogP contribution in [0.15, 0.2) is 60.8 Å². The van der Waals surface area contributed by atoms with Gasteiger partial charge in [0.05, 0.1) is 13.2 Å². The van der Waals surface area contributed by atoms with Gasteiger partial charge in [-0.1, -0.05) is 177 Å². The first-order valence-electron chi connectivity index (χ1n) is 22.8. The highest BCUT2D eigenvalue weighted by Gasteiger charge is 2.28. The Kier molecular flexibility index (Phi) is 39.9. The SMILES string of the molecule is CC/C=C/C/C=C/C/C=C/C/C=C/C/C=C/CCCCCC(=O)OC[C@H](COP(=O)(O)OC[C@H](N)C(=O)O)OC(=O)CCCCCCCCCCCCCCCCCC. The van der Waals surface area contributed by atoms with Gasteiger partial charge < -0.3 is 25.2 Å². The summed E-state index contributed by atoms with van der Waals surface area (Å²) in [6, 6.07) is -1.53. The number of hydrogen-bond donors (Lipinski definition) is 3. The van der Waals surface area contributed by atoms with Gasteiger partial charge in [0.1, 0.15) is 12.6 Å². The molecule has 4 N–H and O–H groups in total. The van der Waals surface area contributed by atoms with Gasteiger partial charge in [-0.25, -0.2) is 4.57 Å². The Bertz CT molecular complexity index is 1230. The van der Waals surface area contributed by atoms with Gasteiger partial charge in [-0.15, -0.1) is 0 Å². The number of phosphoric ester groups is 1. The van der Waals surface area contributed by atoms with E-state index in [1.165, 1.54) is 77.0 Å². The quantitative estimate of drug-likeness (QED) is 0.0231. The van der Waals surface area contributed by atoms with Crippen LogP contribution in [-0.4, -0.2) is 59.9 Å². The third kappa shape index (κ3) is 41.7. The van der Waals surface area contributed by atoms with Crippen LogP contribution in [0.3, 0.4) is 0 Å². The minimum Gasteiger partial charge on any atom is -0.480 e. The highest BCUT2D eigenvalue weighted by molar-refractivity contribution is 7.47. The summed E-state index contributed by atoms with van der Waals surface area (Å²) in [6.45, 7) is 2.66. The predicted molar refractivity (Wildman–Crippen MR) is 240 cm³/mol. The number of phosphoric acid groups is 1. The summed E-state index contributed by atoms with van der Waals surface area (Å²) in [6.07, 6.45) is 48.5. The molecule has 3 atom stereocenters. The summed E-state index contributed by atoms with van der Waals surface area (Å²) in [4.78, 5) is 46.0. The number of carbonyl (C=O) groups is 3. The monoisotopic (exact) mass is 852 g/mol. The fourth-order valence-corrected chi connectivity index (χ4v) is 6.75. The van der Waals surface area contributed by atoms with E-state index in [4.69, 9.17) is 24.8 Å². The molecule has 0 aliphatic carbocycles. The van der Waals surface area contributed by atoms with Gasteiger partial charge in [0.15, 0.2) is 6.10 Å². The molecule has 12 heteroatoms. The Balaban J connectivity index is 4.39. The van der Waals surface area contributed by atoms with Crippen LogP contribution in [-0.2, 0) is 37.5 Å². The summed E-state index contributed by atoms with van der Waals surface area (Å²) >= 11 is 0. The Morgan fingerprint density at radius 2 is 0.949 bits per heavy atom. The molecule has 0 fully saturated rings. The summed E-state index contributed by atoms with van der Waals surface area (Å²) < 4.78 is 32.7. The van der Waals surface area contributed by atoms with Gasteiger partial charge in [-0.05, 0) is 57.8 Å². The standard InChI is InChI=1S/C47H82NO10P/c1-3-5-7-9-11-13-15-17-19-21-22-23-25-26-28-30-32-34-36-38-45(49)55-40-43(41-56-59(53,54)57-42-44(48)47(51)52)58-46(50)39-37-35-33-31-29-27-24-20-18-16-14-12-10-8-6-4-2/h5,7,11,13,17,19,22-23,26,28,43-44H,3-4,6,8-10,12,14-16,18,20-21,24-25,27,29-42,48H2,1-2H3,(H,51,52)(H,53,54)/b7-5+,13-11+,19-17+,23-22+,28-26+/t43-,44+/m1/s1. The molecule has 0 bridgehead atoms. The van der Waals surface area contributed by atoms with Gasteiger partial charge in [-0.2, -0.15) is 0 Å². The van der Waals surface area contributed by atoms with Gasteiger partial charge in [-0.3, -0.25) is 23.4 Å². The van der Waals surface area contributed by atoms with Crippen LogP contribution < -0.4 is 5.73 Å². The molecule has 0 saturated heterocycles. The Morgan fingerprint density at radius 3 is 1.42 bits per heavy atom. The molecule has 59 heavy (non-hydrogen) atoms. The summed E-state index contributed by atoms with van der Waals surface area (Å²) in [7, 11) is -4.73. The second kappa shape index (κ2) is 41.9. The van der Waals surface area contributed by atoms with Crippen molar-refractivity contribution in [3.63, 3.8) is 0 Å². The molecule has 0 heterocycles. The summed E-state index contributed by atoms with van der Waals surface area (Å²) in [5.41, 5.74) is 5.34. The zero-order valence-electron chi connectivity index (χ0n) is 36.8. The van der Waals surface area contributed by atoms with Gasteiger partial charge in [0.2, 0.25) is 0 Å². The molecule has 0 aromatic carbocycles. The normalized spacial score (nSPS) is 14.2. The van der Waals surface area contributed by atoms with Gasteiger partial charge in [0.25, 0.3) is 0 Å². The minimum atomic E-state index is -4.73. The summed E-state index contributed by atoms with van der Waals surface area (Å²) in [5, 5.41) is 8.90. The van der Waals surface area contributed by atoms with E-state index < -0.39 is 51.1 Å². The first kappa shape index (κ1) is 56.2. The number of ether oxygens (including phenoxy) is 2. The van der Waals surface area contributed by atoms with Gasteiger partial charge in [0, 0.05) is 12.8 Å². The molecule has 0 spiro atoms. The molecular weight excluding hydrogens is 769 g/mol. The first-order valence-corrected chi connectivity index (χ1v) is 24.3. The minimum absolute atomic E-state index is 0.154. The Morgan fingerprint density at radius 1 is 0.542 bits per heavy atom. The zero-order chi connectivity index (χ0) is 43.5. The average molecular weight is 852 g/mol. The summed E-state index contributed by atoms with van der Waals surface area (Å²) in [5.74, 6) is -2.42. The molecule has 0 aliphatic rings. The third-order valence-corrected chi connectivity index (χ3v) is 10.5. The van der Waals surface area contributed by atoms with Crippen molar-refractivity contribution in [3.05, 3.63) is 60.8 Å². The largest absolute Gasteiger partial charge is 0.480 e. The van der Waals surface area contributed by atoms with Crippen molar-refractivity contribution in [1.29, 1.82) is 0 Å². The maximum atomic E-state index is 12.6. The molecular formula is C47H82NO10P. The average Bonchev–Trinajstić information content (AvgIpc) is 3.21. The lowest BCUT2D eigenvalue weighted by molar-refractivity contribution is -0.161. The lowest BCUT2D eigenvalue weighted by atomic mass is 10.0. The van der Waals surface area contributed by atoms with Crippen molar-refractivity contribution >= 4 is 25.7 Å². The van der Waals surface area contributed by atoms with E-state index in [0.29, 0.717) is 12.8 Å². The van der Waals surface area contributed by atoms with Crippen LogP contribution in [0.25, 0.3) is 0 Å². The number of carboxylic acids is 1. The number of rotatable bonds is 42. The van der Waals surface area contributed by atoms with E-state index in [2.05, 4.69) is 79.1 Å². The van der Waals surface area contributed by atoms with Crippen molar-refractivity contribution < 1.29 is 47.5 Å². The van der Waals surface area contributed by atoms with E-state index in [-0.39, 0.29) is 19.4 Å². The number of hydrogen-bond acceptors (Lipinski definition) is 9. The maximum Gasteiger partial charge on any atom is 0.472 e. The van der Waals surface area contributed by atoms with Crippen LogP contribution in [0.2, 0.25) is 0 Å². The molecule has 0 aromatic heterocycles. The van der Waals surface area contributed by atoms with Crippen LogP contribution >= 0.6 is 7.82 Å². The molecule has 340 valence electrons. The van der Waals surface area contributed by atoms with Crippen molar-refractivity contribution in [2.75, 3.05) is 19.8 Å². The van der Waals surface area contributed by atoms with Crippen molar-refractivity contribution in [1.82, 2.24) is 0 Å². The number of carboxylic acid groups (broad SMARTS) is 1. The van der Waals surface area contributed by atoms with Crippen molar-refractivity contribution in [2.45, 2.75) is 199 Å². The molecule has 0 saturated carbocycles. The van der Waals surface area contributed by atoms with Crippen LogP contribution in [0.1, 0.15) is 187 Å². The fourth-order valence-electron chi connectivity index (χ4n) is 5.97. The topological polar surface area (TPSA) is 172 Å². The van der Waals surface area contributed by atoms with E-state index in [1.54, 1.807) is 0 Å². The number of allylic oxidation sites excluding steroid dienone is 10. The Labute approximate surface area is 357 Å². The number of unbranched alkanes of at least 4 members (excludes halogenated alkanes) is 18. The number of carbonyl (C=O) groups excluding carboxylic acids is 2. The van der Waals surface area contributed by atoms with E-state index in [0.717, 1.165) is 70.6 Å². The van der Waals surface area contributed by atoms with E-state index in [9.17, 15) is 23.8 Å². The molecule has 0 rings (SSSR count). The molecule has 1 unspecified atom stereocenters. The number of aliphatic carboxylic acids is 1. The molecule has 0 aliphatic heterocycles. The zero-order valence-corrected chi connectivity index (χ0v) is 37.7. The maximum absolute atomic E-state index is 12.6. The molecule has 0 amide bonds. The first-order chi connectivity index (χ1) is 28.6. The van der Waals surface area contributed by atoms with Crippen molar-refractivity contribution in [3.8, 4) is 0 Å². The second-order valence-electron chi connectivity index (χ2n) is 15.2.